The Morgan fingerprint density at radius 3 is 1.83 bits per heavy atom. The summed E-state index contributed by atoms with van der Waals surface area (Å²) in [6, 6.07) is 0.135. The maximum Gasteiger partial charge on any atom is 0.410 e. The van der Waals surface area contributed by atoms with Gasteiger partial charge in [0.1, 0.15) is 5.60 Å². The molecule has 7 heteroatoms. The molecule has 3 rings (SSSR count). The van der Waals surface area contributed by atoms with E-state index in [2.05, 4.69) is 11.9 Å². The fraction of sp³-hybridized carbons (Fsp3) is 0.882. The third-order valence-corrected chi connectivity index (χ3v) is 5.14. The van der Waals surface area contributed by atoms with Crippen molar-refractivity contribution in [2.24, 2.45) is 11.8 Å². The van der Waals surface area contributed by atoms with Crippen LogP contribution in [0.2, 0.25) is 0 Å². The van der Waals surface area contributed by atoms with Gasteiger partial charge in [0.25, 0.3) is 0 Å². The third-order valence-electron chi connectivity index (χ3n) is 5.14. The summed E-state index contributed by atoms with van der Waals surface area (Å²) in [4.78, 5) is 32.8. The first-order chi connectivity index (χ1) is 11.2. The Morgan fingerprint density at radius 1 is 0.833 bits per heavy atom. The number of amides is 3. The van der Waals surface area contributed by atoms with Gasteiger partial charge in [0.05, 0.1) is 0 Å². The minimum absolute atomic E-state index is 0.135. The van der Waals surface area contributed by atoms with Crippen LogP contribution in [0.4, 0.5) is 9.59 Å². The number of carbonyl (C=O) groups excluding carboxylic acids is 2. The van der Waals surface area contributed by atoms with Crippen LogP contribution < -0.4 is 0 Å². The average Bonchev–Trinajstić information content (AvgIpc) is 3.02. The maximum atomic E-state index is 12.7. The van der Waals surface area contributed by atoms with Gasteiger partial charge in [-0.15, -0.1) is 0 Å². The molecule has 3 aliphatic rings. The zero-order chi connectivity index (χ0) is 17.5. The number of rotatable bonds is 0. The van der Waals surface area contributed by atoms with Gasteiger partial charge < -0.3 is 24.3 Å². The predicted molar refractivity (Wildman–Crippen MR) is 90.8 cm³/mol. The molecule has 0 aromatic rings. The lowest BCUT2D eigenvalue weighted by Gasteiger charge is -2.37. The normalized spacial score (nSPS) is 28.2. The van der Waals surface area contributed by atoms with Crippen molar-refractivity contribution in [2.75, 3.05) is 59.4 Å². The highest BCUT2D eigenvalue weighted by Gasteiger charge is 2.41. The van der Waals surface area contributed by atoms with Crippen LogP contribution in [0.1, 0.15) is 20.8 Å². The van der Waals surface area contributed by atoms with Crippen molar-refractivity contribution in [2.45, 2.75) is 26.4 Å². The van der Waals surface area contributed by atoms with Crippen LogP contribution in [-0.4, -0.2) is 96.7 Å². The summed E-state index contributed by atoms with van der Waals surface area (Å²) in [6.45, 7) is 11.8. The van der Waals surface area contributed by atoms with Crippen molar-refractivity contribution >= 4 is 12.1 Å². The Bertz CT molecular complexity index is 483. The zero-order valence-electron chi connectivity index (χ0n) is 15.3. The summed E-state index contributed by atoms with van der Waals surface area (Å²) in [5, 5.41) is 0. The molecule has 3 fully saturated rings. The number of carbonyl (C=O) groups is 2. The molecule has 2 atom stereocenters. The number of likely N-dealkylation sites (tertiary alicyclic amines) is 2. The lowest BCUT2D eigenvalue weighted by atomic mass is 10.0. The van der Waals surface area contributed by atoms with E-state index in [0.717, 1.165) is 26.2 Å². The Hall–Kier alpha value is -1.50. The quantitative estimate of drug-likeness (QED) is 0.665. The van der Waals surface area contributed by atoms with Crippen molar-refractivity contribution in [3.05, 3.63) is 0 Å². The fourth-order valence-electron chi connectivity index (χ4n) is 3.99. The SMILES string of the molecule is CN1CC2CN(C(=O)N3CCN(C(=O)OC(C)(C)C)CC3)CC2C1. The molecule has 0 aromatic heterocycles. The van der Waals surface area contributed by atoms with E-state index in [0.29, 0.717) is 38.0 Å². The molecule has 2 unspecified atom stereocenters. The van der Waals surface area contributed by atoms with Gasteiger partial charge in [0.15, 0.2) is 0 Å². The van der Waals surface area contributed by atoms with Crippen LogP contribution in [0.5, 0.6) is 0 Å². The first-order valence-electron chi connectivity index (χ1n) is 8.93. The maximum absolute atomic E-state index is 12.7. The molecule has 3 heterocycles. The first kappa shape index (κ1) is 17.3. The second-order valence-electron chi connectivity index (χ2n) is 8.38. The summed E-state index contributed by atoms with van der Waals surface area (Å²) in [6.07, 6.45) is -0.284. The molecule has 136 valence electrons. The summed E-state index contributed by atoms with van der Waals surface area (Å²) < 4.78 is 5.40. The van der Waals surface area contributed by atoms with Gasteiger partial charge in [-0.3, -0.25) is 0 Å². The van der Waals surface area contributed by atoms with E-state index >= 15 is 0 Å². The Labute approximate surface area is 144 Å². The molecule has 0 bridgehead atoms. The van der Waals surface area contributed by atoms with Crippen LogP contribution in [-0.2, 0) is 4.74 Å². The van der Waals surface area contributed by atoms with Crippen LogP contribution in [0.15, 0.2) is 0 Å². The van der Waals surface area contributed by atoms with E-state index in [9.17, 15) is 9.59 Å². The van der Waals surface area contributed by atoms with Crippen molar-refractivity contribution in [3.63, 3.8) is 0 Å². The number of nitrogens with zero attached hydrogens (tertiary/aromatic N) is 4. The molecule has 24 heavy (non-hydrogen) atoms. The molecule has 0 N–H and O–H groups in total. The van der Waals surface area contributed by atoms with E-state index in [1.54, 1.807) is 4.90 Å². The highest BCUT2D eigenvalue weighted by Crippen LogP contribution is 2.30. The number of hydrogen-bond acceptors (Lipinski definition) is 4. The van der Waals surface area contributed by atoms with Crippen molar-refractivity contribution < 1.29 is 14.3 Å². The molecule has 0 radical (unpaired) electrons. The van der Waals surface area contributed by atoms with E-state index in [1.807, 2.05) is 30.6 Å². The Balaban J connectivity index is 1.47. The van der Waals surface area contributed by atoms with Crippen LogP contribution in [0.25, 0.3) is 0 Å². The molecule has 7 nitrogen and oxygen atoms in total. The summed E-state index contributed by atoms with van der Waals surface area (Å²) in [5.74, 6) is 1.25. The minimum atomic E-state index is -0.482. The summed E-state index contributed by atoms with van der Waals surface area (Å²) >= 11 is 0. The number of fused-ring (bicyclic) bond motifs is 1. The van der Waals surface area contributed by atoms with E-state index in [1.165, 1.54) is 0 Å². The van der Waals surface area contributed by atoms with Gasteiger partial charge in [0, 0.05) is 52.4 Å². The van der Waals surface area contributed by atoms with Gasteiger partial charge in [-0.05, 0) is 39.7 Å². The predicted octanol–water partition coefficient (Wildman–Crippen LogP) is 1.15. The van der Waals surface area contributed by atoms with Crippen LogP contribution in [0, 0.1) is 11.8 Å². The molecule has 3 aliphatic heterocycles. The first-order valence-corrected chi connectivity index (χ1v) is 8.93. The van der Waals surface area contributed by atoms with Crippen molar-refractivity contribution in [1.82, 2.24) is 19.6 Å². The van der Waals surface area contributed by atoms with E-state index in [-0.39, 0.29) is 12.1 Å². The second-order valence-corrected chi connectivity index (χ2v) is 8.38. The monoisotopic (exact) mass is 338 g/mol. The summed E-state index contributed by atoms with van der Waals surface area (Å²) in [7, 11) is 2.15. The zero-order valence-corrected chi connectivity index (χ0v) is 15.3. The molecular weight excluding hydrogens is 308 g/mol. The number of urea groups is 1. The molecule has 3 saturated heterocycles. The molecule has 0 spiro atoms. The average molecular weight is 338 g/mol. The molecule has 0 aromatic carbocycles. The molecule has 0 aliphatic carbocycles. The lowest BCUT2D eigenvalue weighted by Crippen LogP contribution is -2.54. The third kappa shape index (κ3) is 3.77. The molecular formula is C17H30N4O3. The standard InChI is InChI=1S/C17H30N4O3/c1-17(2,3)24-16(23)20-7-5-19(6-8-20)15(22)21-11-13-9-18(4)10-14(13)12-21/h13-14H,5-12H2,1-4H3. The van der Waals surface area contributed by atoms with Gasteiger partial charge >= 0.3 is 12.1 Å². The number of piperazine rings is 1. The Morgan fingerprint density at radius 2 is 1.33 bits per heavy atom. The highest BCUT2D eigenvalue weighted by atomic mass is 16.6. The topological polar surface area (TPSA) is 56.3 Å². The number of ether oxygens (including phenoxy) is 1. The van der Waals surface area contributed by atoms with E-state index < -0.39 is 5.60 Å². The van der Waals surface area contributed by atoms with E-state index in [4.69, 9.17) is 4.74 Å². The van der Waals surface area contributed by atoms with Crippen LogP contribution in [0.3, 0.4) is 0 Å². The van der Waals surface area contributed by atoms with Crippen molar-refractivity contribution in [1.29, 1.82) is 0 Å². The largest absolute Gasteiger partial charge is 0.444 e. The van der Waals surface area contributed by atoms with Crippen molar-refractivity contribution in [3.8, 4) is 0 Å². The fourth-order valence-corrected chi connectivity index (χ4v) is 3.99. The minimum Gasteiger partial charge on any atom is -0.444 e. The Kier molecular flexibility index (Phi) is 4.64. The summed E-state index contributed by atoms with van der Waals surface area (Å²) in [5.41, 5.74) is -0.482. The lowest BCUT2D eigenvalue weighted by molar-refractivity contribution is 0.0159. The van der Waals surface area contributed by atoms with Gasteiger partial charge in [-0.25, -0.2) is 9.59 Å². The van der Waals surface area contributed by atoms with Crippen LogP contribution >= 0.6 is 0 Å². The highest BCUT2D eigenvalue weighted by molar-refractivity contribution is 5.75. The number of hydrogen-bond donors (Lipinski definition) is 0. The van der Waals surface area contributed by atoms with Gasteiger partial charge in [-0.2, -0.15) is 0 Å². The van der Waals surface area contributed by atoms with Gasteiger partial charge in [0.2, 0.25) is 0 Å². The molecule has 0 saturated carbocycles. The smallest absolute Gasteiger partial charge is 0.410 e. The molecule has 3 amide bonds. The van der Waals surface area contributed by atoms with Gasteiger partial charge in [-0.1, -0.05) is 0 Å². The second kappa shape index (κ2) is 6.43.